The van der Waals surface area contributed by atoms with Gasteiger partial charge >= 0.3 is 0 Å². The van der Waals surface area contributed by atoms with E-state index in [9.17, 15) is 0 Å². The minimum absolute atomic E-state index is 0.353. The maximum Gasteiger partial charge on any atom is 0.291 e. The first-order valence-electron chi connectivity index (χ1n) is 10.5. The van der Waals surface area contributed by atoms with Gasteiger partial charge in [0.2, 0.25) is 5.89 Å². The molecule has 5 rings (SSSR count). The Morgan fingerprint density at radius 2 is 1.86 bits per heavy atom. The van der Waals surface area contributed by atoms with Crippen LogP contribution < -0.4 is 0 Å². The van der Waals surface area contributed by atoms with Gasteiger partial charge in [0.05, 0.1) is 24.4 Å². The summed E-state index contributed by atoms with van der Waals surface area (Å²) in [5.74, 6) is 1.65. The van der Waals surface area contributed by atoms with Crippen molar-refractivity contribution in [3.63, 3.8) is 0 Å². The van der Waals surface area contributed by atoms with Crippen molar-refractivity contribution in [2.75, 3.05) is 26.3 Å². The molecule has 7 nitrogen and oxygen atoms in total. The van der Waals surface area contributed by atoms with Crippen molar-refractivity contribution in [3.05, 3.63) is 35.9 Å². The van der Waals surface area contributed by atoms with Gasteiger partial charge in [-0.25, -0.2) is 0 Å². The number of fused-ring (bicyclic) bond motifs is 1. The van der Waals surface area contributed by atoms with Crippen molar-refractivity contribution in [1.82, 2.24) is 24.8 Å². The highest BCUT2D eigenvalue weighted by molar-refractivity contribution is 5.83. The van der Waals surface area contributed by atoms with Gasteiger partial charge in [-0.3, -0.25) is 4.90 Å². The molecular formula is C21H27N5O2. The smallest absolute Gasteiger partial charge is 0.291 e. The summed E-state index contributed by atoms with van der Waals surface area (Å²) in [7, 11) is 0. The summed E-state index contributed by atoms with van der Waals surface area (Å²) in [6.07, 6.45) is 5.46. The average Bonchev–Trinajstić information content (AvgIpc) is 3.39. The number of benzene rings is 1. The van der Waals surface area contributed by atoms with Gasteiger partial charge in [0, 0.05) is 30.4 Å². The standard InChI is InChI=1S/C21H27N5O2/c1-2-18-17-5-3-4-6-19(17)26(23-18)21-22-20(28-24-21)15-7-9-16(10-8-15)25-11-13-27-14-12-25/h3-6,15-16H,2,7-14H2,1H3/t15-,16+. The molecular weight excluding hydrogens is 354 g/mol. The quantitative estimate of drug-likeness (QED) is 0.690. The Morgan fingerprint density at radius 3 is 2.64 bits per heavy atom. The highest BCUT2D eigenvalue weighted by Crippen LogP contribution is 2.34. The van der Waals surface area contributed by atoms with E-state index in [1.54, 1.807) is 0 Å². The van der Waals surface area contributed by atoms with E-state index in [-0.39, 0.29) is 0 Å². The minimum Gasteiger partial charge on any atom is -0.379 e. The number of morpholine rings is 1. The fourth-order valence-electron chi connectivity index (χ4n) is 4.65. The van der Waals surface area contributed by atoms with Crippen molar-refractivity contribution in [1.29, 1.82) is 0 Å². The number of aromatic nitrogens is 4. The number of hydrogen-bond donors (Lipinski definition) is 0. The molecule has 2 fully saturated rings. The SMILES string of the molecule is CCc1nn(-c2noc([C@H]3CC[C@@H](N4CCOCC4)CC3)n2)c2ccccc12. The molecule has 0 N–H and O–H groups in total. The average molecular weight is 381 g/mol. The Balaban J connectivity index is 1.32. The third kappa shape index (κ3) is 3.22. The molecule has 3 aromatic rings. The molecule has 1 aromatic carbocycles. The van der Waals surface area contributed by atoms with Crippen LogP contribution in [0.5, 0.6) is 0 Å². The van der Waals surface area contributed by atoms with Crippen LogP contribution >= 0.6 is 0 Å². The van der Waals surface area contributed by atoms with Crippen LogP contribution in [-0.2, 0) is 11.2 Å². The van der Waals surface area contributed by atoms with Crippen LogP contribution in [0.25, 0.3) is 16.9 Å². The lowest BCUT2D eigenvalue weighted by Crippen LogP contribution is -2.44. The maximum atomic E-state index is 5.68. The van der Waals surface area contributed by atoms with Crippen molar-refractivity contribution in [2.45, 2.75) is 51.0 Å². The second kappa shape index (κ2) is 7.64. The molecule has 2 aromatic heterocycles. The summed E-state index contributed by atoms with van der Waals surface area (Å²) in [5, 5.41) is 10.1. The predicted octanol–water partition coefficient (Wildman–Crippen LogP) is 3.33. The highest BCUT2D eigenvalue weighted by Gasteiger charge is 2.30. The van der Waals surface area contributed by atoms with Gasteiger partial charge in [0.25, 0.3) is 5.95 Å². The van der Waals surface area contributed by atoms with Gasteiger partial charge < -0.3 is 9.26 Å². The van der Waals surface area contributed by atoms with Crippen LogP contribution in [0.1, 0.15) is 50.1 Å². The molecule has 0 atom stereocenters. The van der Waals surface area contributed by atoms with Crippen LogP contribution in [0.2, 0.25) is 0 Å². The second-order valence-corrected chi connectivity index (χ2v) is 7.82. The number of nitrogens with zero attached hydrogens (tertiary/aromatic N) is 5. The molecule has 0 amide bonds. The van der Waals surface area contributed by atoms with Crippen LogP contribution in [0.4, 0.5) is 0 Å². The summed E-state index contributed by atoms with van der Waals surface area (Å²) in [6, 6.07) is 8.90. The molecule has 3 heterocycles. The van der Waals surface area contributed by atoms with Gasteiger partial charge in [0.15, 0.2) is 0 Å². The number of rotatable bonds is 4. The lowest BCUT2D eigenvalue weighted by atomic mass is 9.85. The summed E-state index contributed by atoms with van der Waals surface area (Å²) in [4.78, 5) is 7.31. The van der Waals surface area contributed by atoms with Crippen LogP contribution in [-0.4, -0.2) is 57.2 Å². The van der Waals surface area contributed by atoms with Crippen molar-refractivity contribution in [2.24, 2.45) is 0 Å². The molecule has 1 aliphatic heterocycles. The normalized spacial score (nSPS) is 24.0. The Bertz CT molecular complexity index is 935. The largest absolute Gasteiger partial charge is 0.379 e. The van der Waals surface area contributed by atoms with E-state index in [2.05, 4.69) is 29.1 Å². The summed E-state index contributed by atoms with van der Waals surface area (Å²) in [6.45, 7) is 5.97. The second-order valence-electron chi connectivity index (χ2n) is 7.82. The summed E-state index contributed by atoms with van der Waals surface area (Å²) in [5.41, 5.74) is 2.09. The molecule has 1 saturated carbocycles. The molecule has 1 saturated heterocycles. The van der Waals surface area contributed by atoms with Gasteiger partial charge in [-0.15, -0.1) is 0 Å². The lowest BCUT2D eigenvalue weighted by Gasteiger charge is -2.38. The van der Waals surface area contributed by atoms with Crippen LogP contribution in [0, 0.1) is 0 Å². The molecule has 28 heavy (non-hydrogen) atoms. The van der Waals surface area contributed by atoms with Crippen molar-refractivity contribution in [3.8, 4) is 5.95 Å². The zero-order valence-electron chi connectivity index (χ0n) is 16.4. The minimum atomic E-state index is 0.353. The van der Waals surface area contributed by atoms with Crippen molar-refractivity contribution < 1.29 is 9.26 Å². The molecule has 0 bridgehead atoms. The topological polar surface area (TPSA) is 69.2 Å². The number of ether oxygens (including phenoxy) is 1. The predicted molar refractivity (Wildman–Crippen MR) is 106 cm³/mol. The third-order valence-electron chi connectivity index (χ3n) is 6.23. The number of para-hydroxylation sites is 1. The molecule has 2 aliphatic rings. The van der Waals surface area contributed by atoms with E-state index in [1.165, 1.54) is 12.8 Å². The van der Waals surface area contributed by atoms with Crippen LogP contribution in [0.3, 0.4) is 0 Å². The number of aryl methyl sites for hydroxylation is 1. The zero-order chi connectivity index (χ0) is 18.9. The first-order chi connectivity index (χ1) is 13.8. The Labute approximate surface area is 164 Å². The van der Waals surface area contributed by atoms with E-state index in [1.807, 2.05) is 16.8 Å². The zero-order valence-corrected chi connectivity index (χ0v) is 16.4. The van der Waals surface area contributed by atoms with Gasteiger partial charge in [-0.1, -0.05) is 25.1 Å². The van der Waals surface area contributed by atoms with E-state index < -0.39 is 0 Å². The first kappa shape index (κ1) is 17.8. The molecule has 148 valence electrons. The Hall–Kier alpha value is -2.25. The molecule has 7 heteroatoms. The first-order valence-corrected chi connectivity index (χ1v) is 10.5. The fourth-order valence-corrected chi connectivity index (χ4v) is 4.65. The van der Waals surface area contributed by atoms with Crippen molar-refractivity contribution >= 4 is 10.9 Å². The Morgan fingerprint density at radius 1 is 1.07 bits per heavy atom. The highest BCUT2D eigenvalue weighted by atomic mass is 16.5. The monoisotopic (exact) mass is 381 g/mol. The number of hydrogen-bond acceptors (Lipinski definition) is 6. The van der Waals surface area contributed by atoms with Gasteiger partial charge in [0.1, 0.15) is 0 Å². The fraction of sp³-hybridized carbons (Fsp3) is 0.571. The maximum absolute atomic E-state index is 5.68. The molecule has 0 radical (unpaired) electrons. The van der Waals surface area contributed by atoms with E-state index in [0.29, 0.717) is 17.9 Å². The molecule has 1 aliphatic carbocycles. The lowest BCUT2D eigenvalue weighted by molar-refractivity contribution is 0.00659. The van der Waals surface area contributed by atoms with E-state index in [4.69, 9.17) is 19.3 Å². The third-order valence-corrected chi connectivity index (χ3v) is 6.23. The Kier molecular flexibility index (Phi) is 4.86. The van der Waals surface area contributed by atoms with E-state index >= 15 is 0 Å². The van der Waals surface area contributed by atoms with Crippen LogP contribution in [0.15, 0.2) is 28.8 Å². The van der Waals surface area contributed by atoms with Gasteiger partial charge in [-0.05, 0) is 43.3 Å². The van der Waals surface area contributed by atoms with E-state index in [0.717, 1.165) is 68.1 Å². The van der Waals surface area contributed by atoms with Gasteiger partial charge in [-0.2, -0.15) is 14.8 Å². The summed E-state index contributed by atoms with van der Waals surface area (Å²) < 4.78 is 13.0. The molecule has 0 spiro atoms. The molecule has 0 unspecified atom stereocenters. The summed E-state index contributed by atoms with van der Waals surface area (Å²) >= 11 is 0.